The molecule has 13 nitrogen and oxygen atoms in total. The minimum atomic E-state index is -4.53. The number of carbonyl (C=O) groups excluding carboxylic acids is 5. The van der Waals surface area contributed by atoms with Crippen LogP contribution in [-0.2, 0) is 47.1 Å². The smallest absolute Gasteiger partial charge is 0.870 e. The molecule has 4 amide bonds. The SMILES string of the molecule is CN1C(=O)C2(CCN(C(=O)/C=C/c3ccccc3C(F)(F)F)CC2)c2cc(C(=O)O)ccc21.COC(=O)c1ccc2c(c1)C1(CCN(C(=O)/C=C/c3ccccc3C(F)(F)F)CC1)C(=O)N2C.[Li+].[OH-]. The van der Waals surface area contributed by atoms with E-state index < -0.39 is 58.1 Å². The Balaban J connectivity index is 0.000000250. The van der Waals surface area contributed by atoms with E-state index in [1.54, 1.807) is 43.3 Å². The fourth-order valence-electron chi connectivity index (χ4n) is 9.41. The molecule has 20 heteroatoms. The van der Waals surface area contributed by atoms with Gasteiger partial charge in [-0.25, -0.2) is 9.59 Å². The van der Waals surface area contributed by atoms with Crippen LogP contribution in [-0.4, -0.2) is 103 Å². The maximum Gasteiger partial charge on any atom is 1.00 e. The number of methoxy groups -OCH3 is 1. The van der Waals surface area contributed by atoms with Crippen LogP contribution in [0.2, 0.25) is 0 Å². The van der Waals surface area contributed by atoms with E-state index >= 15 is 0 Å². The molecule has 0 bridgehead atoms. The molecule has 2 spiro atoms. The van der Waals surface area contributed by atoms with Crippen LogP contribution >= 0.6 is 0 Å². The largest absolute Gasteiger partial charge is 1.00 e. The number of alkyl halides is 6. The zero-order valence-corrected chi connectivity index (χ0v) is 37.9. The summed E-state index contributed by atoms with van der Waals surface area (Å²) in [7, 11) is 4.59. The average Bonchev–Trinajstić information content (AvgIpc) is 3.64. The normalized spacial score (nSPS) is 17.0. The second kappa shape index (κ2) is 20.5. The number of carbonyl (C=O) groups is 6. The topological polar surface area (TPSA) is 175 Å². The number of fused-ring (bicyclic) bond motifs is 4. The number of amides is 4. The molecule has 0 aromatic heterocycles. The third-order valence-electron chi connectivity index (χ3n) is 13.0. The van der Waals surface area contributed by atoms with Crippen molar-refractivity contribution in [2.24, 2.45) is 0 Å². The van der Waals surface area contributed by atoms with E-state index in [1.807, 2.05) is 0 Å². The summed E-state index contributed by atoms with van der Waals surface area (Å²) in [5.41, 5.74) is -0.462. The summed E-state index contributed by atoms with van der Waals surface area (Å²) in [6, 6.07) is 19.6. The third kappa shape index (κ3) is 10.2. The maximum absolute atomic E-state index is 13.2. The van der Waals surface area contributed by atoms with Crippen molar-refractivity contribution in [2.45, 2.75) is 48.9 Å². The molecular weight excluding hydrogens is 909 g/mol. The molecule has 8 rings (SSSR count). The molecule has 358 valence electrons. The number of carboxylic acid groups (broad SMARTS) is 1. The number of likely N-dealkylation sites (N-methyl/N-ethyl adjacent to an activating group) is 2. The van der Waals surface area contributed by atoms with Gasteiger partial charge in [-0.3, -0.25) is 19.2 Å². The molecule has 0 aliphatic carbocycles. The minimum absolute atomic E-state index is 0. The van der Waals surface area contributed by atoms with Crippen molar-refractivity contribution < 1.29 is 89.3 Å². The summed E-state index contributed by atoms with van der Waals surface area (Å²) in [5.74, 6) is -2.72. The standard InChI is InChI=1S/C25H23F3N2O4.C24H21F3N2O4.Li.H2O/c1-29-20-9-7-17(22(32)34-2)15-19(20)24(23(29)33)11-13-30(14-12-24)21(31)10-8-16-5-3-4-6-18(16)25(26,27)28;1-28-19-8-6-16(21(31)32)14-18(19)23(22(28)33)10-12-29(13-11-23)20(30)9-7-15-4-2-3-5-17(15)24(25,26)27;;/h3-10,15H,11-14H2,1-2H3;2-9,14H,10-13H2,1H3,(H,31,32);;1H2/q;;+1;/p-1/b10-8+;9-7+;;. The molecule has 2 N–H and O–H groups in total. The van der Waals surface area contributed by atoms with Crippen LogP contribution in [0.1, 0.15) is 79.8 Å². The molecule has 4 aliphatic rings. The molecule has 2 saturated heterocycles. The number of rotatable bonds is 6. The zero-order chi connectivity index (χ0) is 48.6. The van der Waals surface area contributed by atoms with Crippen molar-refractivity contribution in [3.63, 3.8) is 0 Å². The van der Waals surface area contributed by atoms with Crippen LogP contribution in [0.4, 0.5) is 37.7 Å². The van der Waals surface area contributed by atoms with Gasteiger partial charge < -0.3 is 34.9 Å². The van der Waals surface area contributed by atoms with E-state index in [2.05, 4.69) is 0 Å². The second-order valence-corrected chi connectivity index (χ2v) is 16.6. The van der Waals surface area contributed by atoms with E-state index in [0.29, 0.717) is 48.2 Å². The van der Waals surface area contributed by atoms with Gasteiger partial charge in [-0.2, -0.15) is 26.3 Å². The first-order chi connectivity index (χ1) is 31.6. The first kappa shape index (κ1) is 53.3. The predicted molar refractivity (Wildman–Crippen MR) is 236 cm³/mol. The van der Waals surface area contributed by atoms with Crippen molar-refractivity contribution in [3.05, 3.63) is 142 Å². The number of aromatic carboxylic acids is 1. The molecule has 4 aromatic rings. The number of benzene rings is 4. The number of carboxylic acids is 1. The first-order valence-electron chi connectivity index (χ1n) is 21.1. The Morgan fingerprint density at radius 3 is 1.33 bits per heavy atom. The van der Waals surface area contributed by atoms with Crippen molar-refractivity contribution in [3.8, 4) is 0 Å². The fraction of sp³-hybridized carbons (Fsp3) is 0.306. The van der Waals surface area contributed by atoms with E-state index in [1.165, 1.54) is 76.4 Å². The number of likely N-dealkylation sites (tertiary alicyclic amines) is 2. The molecule has 4 aliphatic heterocycles. The average molecular weight is 955 g/mol. The fourth-order valence-corrected chi connectivity index (χ4v) is 9.41. The van der Waals surface area contributed by atoms with Gasteiger partial charge in [0.15, 0.2) is 0 Å². The maximum atomic E-state index is 13.2. The van der Waals surface area contributed by atoms with Crippen molar-refractivity contribution in [2.75, 3.05) is 57.2 Å². The van der Waals surface area contributed by atoms with E-state index in [0.717, 1.165) is 35.9 Å². The molecule has 4 heterocycles. The number of piperidine rings is 2. The van der Waals surface area contributed by atoms with E-state index in [9.17, 15) is 60.2 Å². The molecule has 69 heavy (non-hydrogen) atoms. The van der Waals surface area contributed by atoms with Gasteiger partial charge in [0, 0.05) is 63.8 Å². The number of halogens is 6. The number of hydrogen-bond acceptors (Lipinski definition) is 8. The van der Waals surface area contributed by atoms with Gasteiger partial charge in [-0.05, 0) is 109 Å². The number of esters is 1. The van der Waals surface area contributed by atoms with E-state index in [-0.39, 0.29) is 79.0 Å². The Labute approximate surface area is 404 Å². The van der Waals surface area contributed by atoms with Gasteiger partial charge in [0.05, 0.1) is 40.2 Å². The summed E-state index contributed by atoms with van der Waals surface area (Å²) in [6.07, 6.45) is -3.21. The number of ether oxygens (including phenoxy) is 1. The summed E-state index contributed by atoms with van der Waals surface area (Å²) in [4.78, 5) is 81.2. The Hall–Kier alpha value is -6.68. The molecular formula is C49H45F6LiN4O9. The van der Waals surface area contributed by atoms with Crippen LogP contribution in [0.3, 0.4) is 0 Å². The van der Waals surface area contributed by atoms with Crippen molar-refractivity contribution >= 4 is 59.1 Å². The third-order valence-corrected chi connectivity index (χ3v) is 13.0. The van der Waals surface area contributed by atoms with Crippen LogP contribution in [0.5, 0.6) is 0 Å². The Kier molecular flexibility index (Phi) is 15.8. The summed E-state index contributed by atoms with van der Waals surface area (Å²) in [5, 5.41) is 9.34. The van der Waals surface area contributed by atoms with Crippen LogP contribution in [0, 0.1) is 0 Å². The van der Waals surface area contributed by atoms with Crippen molar-refractivity contribution in [1.82, 2.24) is 9.80 Å². The zero-order valence-electron chi connectivity index (χ0n) is 37.9. The van der Waals surface area contributed by atoms with Crippen LogP contribution < -0.4 is 28.7 Å². The Morgan fingerprint density at radius 1 is 0.609 bits per heavy atom. The van der Waals surface area contributed by atoms with Gasteiger partial charge in [0.2, 0.25) is 23.6 Å². The minimum Gasteiger partial charge on any atom is -0.870 e. The molecule has 0 unspecified atom stereocenters. The molecule has 0 atom stereocenters. The predicted octanol–water partition coefficient (Wildman–Crippen LogP) is 4.82. The van der Waals surface area contributed by atoms with Crippen molar-refractivity contribution in [1.29, 1.82) is 0 Å². The summed E-state index contributed by atoms with van der Waals surface area (Å²) >= 11 is 0. The van der Waals surface area contributed by atoms with Gasteiger partial charge >= 0.3 is 43.2 Å². The second-order valence-electron chi connectivity index (χ2n) is 16.6. The molecule has 0 saturated carbocycles. The van der Waals surface area contributed by atoms with E-state index in [4.69, 9.17) is 4.74 Å². The summed E-state index contributed by atoms with van der Waals surface area (Å²) < 4.78 is 83.9. The van der Waals surface area contributed by atoms with Gasteiger partial charge in [0.1, 0.15) is 0 Å². The molecule has 2 fully saturated rings. The monoisotopic (exact) mass is 954 g/mol. The van der Waals surface area contributed by atoms with Gasteiger partial charge in [-0.1, -0.05) is 36.4 Å². The van der Waals surface area contributed by atoms with Gasteiger partial charge in [-0.15, -0.1) is 0 Å². The Morgan fingerprint density at radius 2 is 0.971 bits per heavy atom. The van der Waals surface area contributed by atoms with Crippen LogP contribution in [0.25, 0.3) is 12.2 Å². The summed E-state index contributed by atoms with van der Waals surface area (Å²) in [6.45, 7) is 0.956. The quantitative estimate of drug-likeness (QED) is 0.123. The number of hydrogen-bond donors (Lipinski definition) is 1. The number of nitrogens with zero attached hydrogens (tertiary/aromatic N) is 4. The molecule has 4 aromatic carbocycles. The van der Waals surface area contributed by atoms with Gasteiger partial charge in [0.25, 0.3) is 0 Å². The first-order valence-corrected chi connectivity index (χ1v) is 21.1. The molecule has 0 radical (unpaired) electrons. The number of anilines is 2. The van der Waals surface area contributed by atoms with Crippen LogP contribution in [0.15, 0.2) is 97.1 Å². The Bertz CT molecular complexity index is 2720.